The molecule has 0 N–H and O–H groups in total. The molecule has 8 heteroatoms. The number of nitro groups is 1. The standard InChI is InChI=1S/C7H9Cl2N3O2S/c1-2-3-15-7-10-5(8)4(12(13)14)6(9)11-7/h4-5H,2-3H2,1H3/t4-,5?/m1/s1. The van der Waals surface area contributed by atoms with E-state index in [2.05, 4.69) is 9.98 Å². The molecule has 0 aromatic heterocycles. The van der Waals surface area contributed by atoms with Crippen LogP contribution in [0.15, 0.2) is 9.98 Å². The molecule has 0 radical (unpaired) electrons. The first-order valence-electron chi connectivity index (χ1n) is 4.28. The van der Waals surface area contributed by atoms with Crippen LogP contribution < -0.4 is 0 Å². The predicted octanol–water partition coefficient (Wildman–Crippen LogP) is 2.35. The number of alkyl halides is 1. The summed E-state index contributed by atoms with van der Waals surface area (Å²) in [7, 11) is 0. The van der Waals surface area contributed by atoms with Gasteiger partial charge in [-0.3, -0.25) is 10.1 Å². The van der Waals surface area contributed by atoms with E-state index in [1.54, 1.807) is 0 Å². The highest BCUT2D eigenvalue weighted by atomic mass is 35.5. The first-order chi connectivity index (χ1) is 7.06. The van der Waals surface area contributed by atoms with E-state index in [4.69, 9.17) is 23.2 Å². The maximum atomic E-state index is 10.6. The molecule has 1 aliphatic rings. The molecule has 1 unspecified atom stereocenters. The molecule has 1 rings (SSSR count). The predicted molar refractivity (Wildman–Crippen MR) is 63.9 cm³/mol. The Kier molecular flexibility index (Phi) is 4.82. The molecule has 0 aromatic rings. The molecule has 0 bridgehead atoms. The third kappa shape index (κ3) is 3.32. The fraction of sp³-hybridized carbons (Fsp3) is 0.714. The van der Waals surface area contributed by atoms with E-state index in [1.807, 2.05) is 6.92 Å². The van der Waals surface area contributed by atoms with Crippen LogP contribution in [0.4, 0.5) is 0 Å². The van der Waals surface area contributed by atoms with Gasteiger partial charge >= 0.3 is 6.04 Å². The minimum atomic E-state index is -1.22. The van der Waals surface area contributed by atoms with Gasteiger partial charge in [-0.05, 0) is 6.42 Å². The Hall–Kier alpha value is -0.330. The average molecular weight is 270 g/mol. The lowest BCUT2D eigenvalue weighted by molar-refractivity contribution is -0.501. The molecule has 0 amide bonds. The van der Waals surface area contributed by atoms with Gasteiger partial charge in [0.05, 0.1) is 0 Å². The molecule has 0 saturated carbocycles. The van der Waals surface area contributed by atoms with E-state index in [0.717, 1.165) is 12.2 Å². The SMILES string of the molecule is CCCSC1=NC(Cl)[C@@H]([N+](=O)[O-])C(Cl)=N1. The van der Waals surface area contributed by atoms with Crippen LogP contribution >= 0.6 is 35.0 Å². The summed E-state index contributed by atoms with van der Waals surface area (Å²) in [5.41, 5.74) is -0.968. The minimum absolute atomic E-state index is 0.103. The van der Waals surface area contributed by atoms with Crippen molar-refractivity contribution in [2.24, 2.45) is 9.98 Å². The molecule has 0 aliphatic carbocycles. The van der Waals surface area contributed by atoms with Crippen LogP contribution in [0.25, 0.3) is 0 Å². The van der Waals surface area contributed by atoms with Gasteiger partial charge in [-0.2, -0.15) is 0 Å². The van der Waals surface area contributed by atoms with Crippen LogP contribution in [-0.2, 0) is 0 Å². The Morgan fingerprint density at radius 2 is 2.33 bits per heavy atom. The fourth-order valence-corrected chi connectivity index (χ4v) is 2.42. The second-order valence-electron chi connectivity index (χ2n) is 2.80. The second kappa shape index (κ2) is 5.67. The van der Waals surface area contributed by atoms with Gasteiger partial charge in [0.2, 0.25) is 0 Å². The van der Waals surface area contributed by atoms with Crippen molar-refractivity contribution in [2.75, 3.05) is 5.75 Å². The zero-order valence-electron chi connectivity index (χ0n) is 7.89. The minimum Gasteiger partial charge on any atom is -0.264 e. The van der Waals surface area contributed by atoms with E-state index in [-0.39, 0.29) is 5.17 Å². The molecule has 0 saturated heterocycles. The molecule has 15 heavy (non-hydrogen) atoms. The average Bonchev–Trinajstić information content (AvgIpc) is 2.12. The maximum absolute atomic E-state index is 10.6. The highest BCUT2D eigenvalue weighted by Crippen LogP contribution is 2.22. The zero-order chi connectivity index (χ0) is 11.4. The highest BCUT2D eigenvalue weighted by Gasteiger charge is 2.37. The maximum Gasteiger partial charge on any atom is 0.300 e. The number of amidine groups is 1. The first kappa shape index (κ1) is 12.7. The summed E-state index contributed by atoms with van der Waals surface area (Å²) in [6.07, 6.45) is 0.961. The van der Waals surface area contributed by atoms with Crippen molar-refractivity contribution >= 4 is 45.3 Å². The van der Waals surface area contributed by atoms with E-state index >= 15 is 0 Å². The molecule has 0 aromatic carbocycles. The van der Waals surface area contributed by atoms with Crippen molar-refractivity contribution in [3.05, 3.63) is 10.1 Å². The largest absolute Gasteiger partial charge is 0.300 e. The Labute approximate surface area is 101 Å². The molecule has 0 fully saturated rings. The van der Waals surface area contributed by atoms with Gasteiger partial charge in [-0.1, -0.05) is 41.9 Å². The van der Waals surface area contributed by atoms with E-state index < -0.39 is 16.5 Å². The highest BCUT2D eigenvalue weighted by molar-refractivity contribution is 8.13. The summed E-state index contributed by atoms with van der Waals surface area (Å²) < 4.78 is 0. The summed E-state index contributed by atoms with van der Waals surface area (Å²) in [4.78, 5) is 17.7. The summed E-state index contributed by atoms with van der Waals surface area (Å²) >= 11 is 12.8. The van der Waals surface area contributed by atoms with Crippen LogP contribution in [0.3, 0.4) is 0 Å². The molecule has 5 nitrogen and oxygen atoms in total. The fourth-order valence-electron chi connectivity index (χ4n) is 0.926. The molecular weight excluding hydrogens is 261 g/mol. The van der Waals surface area contributed by atoms with Crippen molar-refractivity contribution in [3.63, 3.8) is 0 Å². The molecule has 84 valence electrons. The van der Waals surface area contributed by atoms with Crippen molar-refractivity contribution < 1.29 is 4.92 Å². The smallest absolute Gasteiger partial charge is 0.264 e. The summed E-state index contributed by atoms with van der Waals surface area (Å²) in [6.45, 7) is 2.01. The lowest BCUT2D eigenvalue weighted by Gasteiger charge is -2.15. The van der Waals surface area contributed by atoms with Crippen molar-refractivity contribution in [2.45, 2.75) is 24.9 Å². The van der Waals surface area contributed by atoms with Crippen LogP contribution in [0.5, 0.6) is 0 Å². The summed E-state index contributed by atoms with van der Waals surface area (Å²) in [6, 6.07) is -1.22. The lowest BCUT2D eigenvalue weighted by atomic mass is 10.3. The van der Waals surface area contributed by atoms with Crippen molar-refractivity contribution in [1.82, 2.24) is 0 Å². The molecule has 1 aliphatic heterocycles. The van der Waals surface area contributed by atoms with Gasteiger partial charge in [0.1, 0.15) is 0 Å². The summed E-state index contributed by atoms with van der Waals surface area (Å²) in [5.74, 6) is 0.833. The molecule has 1 heterocycles. The number of rotatable bonds is 3. The van der Waals surface area contributed by atoms with Gasteiger partial charge < -0.3 is 0 Å². The molecule has 0 spiro atoms. The van der Waals surface area contributed by atoms with Crippen molar-refractivity contribution in [1.29, 1.82) is 0 Å². The Balaban J connectivity index is 2.75. The second-order valence-corrected chi connectivity index (χ2v) is 4.69. The van der Waals surface area contributed by atoms with Crippen LogP contribution in [0.1, 0.15) is 13.3 Å². The third-order valence-corrected chi connectivity index (χ3v) is 3.31. The lowest BCUT2D eigenvalue weighted by Crippen LogP contribution is -2.37. The van der Waals surface area contributed by atoms with Gasteiger partial charge in [0.15, 0.2) is 15.8 Å². The normalized spacial score (nSPS) is 25.8. The van der Waals surface area contributed by atoms with Crippen molar-refractivity contribution in [3.8, 4) is 0 Å². The number of thioether (sulfide) groups is 1. The Bertz CT molecular complexity index is 321. The Morgan fingerprint density at radius 3 is 2.80 bits per heavy atom. The van der Waals surface area contributed by atoms with Crippen LogP contribution in [0, 0.1) is 10.1 Å². The van der Waals surface area contributed by atoms with Gasteiger partial charge in [0, 0.05) is 10.7 Å². The van der Waals surface area contributed by atoms with Gasteiger partial charge in [-0.25, -0.2) is 9.98 Å². The van der Waals surface area contributed by atoms with Gasteiger partial charge in [0.25, 0.3) is 0 Å². The zero-order valence-corrected chi connectivity index (χ0v) is 10.2. The van der Waals surface area contributed by atoms with E-state index in [9.17, 15) is 10.1 Å². The van der Waals surface area contributed by atoms with Gasteiger partial charge in [-0.15, -0.1) is 0 Å². The molecular formula is C7H9Cl2N3O2S. The monoisotopic (exact) mass is 269 g/mol. The number of nitrogens with zero attached hydrogens (tertiary/aromatic N) is 3. The quantitative estimate of drug-likeness (QED) is 0.342. The Morgan fingerprint density at radius 1 is 1.67 bits per heavy atom. The first-order valence-corrected chi connectivity index (χ1v) is 6.08. The van der Waals surface area contributed by atoms with E-state index in [1.165, 1.54) is 11.8 Å². The topological polar surface area (TPSA) is 67.9 Å². The number of hydrogen-bond donors (Lipinski definition) is 0. The van der Waals surface area contributed by atoms with E-state index in [0.29, 0.717) is 5.17 Å². The summed E-state index contributed by atoms with van der Waals surface area (Å²) in [5, 5.41) is 10.9. The number of hydrogen-bond acceptors (Lipinski definition) is 5. The number of aliphatic imine (C=N–C) groups is 2. The number of halogens is 2. The third-order valence-electron chi connectivity index (χ3n) is 1.60. The molecule has 2 atom stereocenters. The van der Waals surface area contributed by atoms with Crippen LogP contribution in [0.2, 0.25) is 0 Å². The van der Waals surface area contributed by atoms with Crippen LogP contribution in [-0.4, -0.2) is 32.6 Å².